The first kappa shape index (κ1) is 22.4. The summed E-state index contributed by atoms with van der Waals surface area (Å²) in [5.41, 5.74) is 2.70. The quantitative estimate of drug-likeness (QED) is 0.346. The zero-order chi connectivity index (χ0) is 22.8. The second kappa shape index (κ2) is 9.35. The molecule has 0 saturated heterocycles. The van der Waals surface area contributed by atoms with Crippen LogP contribution in [0.5, 0.6) is 0 Å². The van der Waals surface area contributed by atoms with Crippen molar-refractivity contribution in [3.05, 3.63) is 95.3 Å². The van der Waals surface area contributed by atoms with Crippen LogP contribution < -0.4 is 0 Å². The number of rotatable bonds is 5. The summed E-state index contributed by atoms with van der Waals surface area (Å²) < 4.78 is 63.6. The van der Waals surface area contributed by atoms with Gasteiger partial charge in [0.05, 0.1) is 7.11 Å². The standard InChI is InChI=1S/C27H26F4O/c1-3-16-4-6-17(7-5-16)20-12-13-21(25(29)24(20)28)18-8-10-19(11-9-18)22-14-15-23(32-2)27(31)26(22)30/h3,6,8-16,24-27H,1,4-5,7H2,2H3. The van der Waals surface area contributed by atoms with Gasteiger partial charge in [0.1, 0.15) is 5.76 Å². The first-order valence-corrected chi connectivity index (χ1v) is 10.8. The van der Waals surface area contributed by atoms with Crippen LogP contribution in [0.15, 0.2) is 84.2 Å². The Morgan fingerprint density at radius 1 is 0.812 bits per heavy atom. The highest BCUT2D eigenvalue weighted by Crippen LogP contribution is 2.39. The minimum atomic E-state index is -1.87. The van der Waals surface area contributed by atoms with E-state index in [1.807, 2.05) is 12.2 Å². The molecule has 3 aliphatic carbocycles. The maximum Gasteiger partial charge on any atom is 0.192 e. The molecule has 5 atom stereocenters. The fourth-order valence-corrected chi connectivity index (χ4v) is 4.50. The average Bonchev–Trinajstić information content (AvgIpc) is 2.83. The Morgan fingerprint density at radius 2 is 1.34 bits per heavy atom. The van der Waals surface area contributed by atoms with E-state index in [2.05, 4.69) is 6.58 Å². The Hall–Kier alpha value is -2.82. The third-order valence-corrected chi connectivity index (χ3v) is 6.49. The molecule has 0 heterocycles. The minimum Gasteiger partial charge on any atom is -0.498 e. The predicted molar refractivity (Wildman–Crippen MR) is 121 cm³/mol. The molecule has 0 aliphatic heterocycles. The molecule has 1 aromatic carbocycles. The van der Waals surface area contributed by atoms with Gasteiger partial charge in [-0.05, 0) is 64.7 Å². The lowest BCUT2D eigenvalue weighted by Crippen LogP contribution is -2.26. The molecular weight excluding hydrogens is 416 g/mol. The molecule has 0 bridgehead atoms. The lowest BCUT2D eigenvalue weighted by Gasteiger charge is -2.28. The van der Waals surface area contributed by atoms with Gasteiger partial charge in [0.25, 0.3) is 0 Å². The molecule has 0 aromatic heterocycles. The van der Waals surface area contributed by atoms with Gasteiger partial charge < -0.3 is 4.74 Å². The van der Waals surface area contributed by atoms with Gasteiger partial charge in [-0.15, -0.1) is 6.58 Å². The fourth-order valence-electron chi connectivity index (χ4n) is 4.50. The molecule has 1 nitrogen and oxygen atoms in total. The van der Waals surface area contributed by atoms with Gasteiger partial charge in [-0.25, -0.2) is 17.6 Å². The van der Waals surface area contributed by atoms with Crippen molar-refractivity contribution < 1.29 is 22.3 Å². The summed E-state index contributed by atoms with van der Waals surface area (Å²) in [4.78, 5) is 0. The van der Waals surface area contributed by atoms with E-state index >= 15 is 8.78 Å². The Kier molecular flexibility index (Phi) is 6.54. The van der Waals surface area contributed by atoms with Crippen molar-refractivity contribution in [3.63, 3.8) is 0 Å². The van der Waals surface area contributed by atoms with Crippen molar-refractivity contribution in [2.24, 2.45) is 5.92 Å². The summed E-state index contributed by atoms with van der Waals surface area (Å²) in [6.45, 7) is 3.80. The Bertz CT molecular complexity index is 1030. The molecule has 1 aromatic rings. The highest BCUT2D eigenvalue weighted by Gasteiger charge is 2.34. The van der Waals surface area contributed by atoms with Gasteiger partial charge in [0.2, 0.25) is 0 Å². The first-order valence-electron chi connectivity index (χ1n) is 10.8. The van der Waals surface area contributed by atoms with Crippen LogP contribution in [0, 0.1) is 5.92 Å². The van der Waals surface area contributed by atoms with Crippen LogP contribution in [0.2, 0.25) is 0 Å². The predicted octanol–water partition coefficient (Wildman–Crippen LogP) is 7.20. The van der Waals surface area contributed by atoms with Gasteiger partial charge >= 0.3 is 0 Å². The summed E-state index contributed by atoms with van der Waals surface area (Å²) in [6.07, 6.45) is 5.21. The topological polar surface area (TPSA) is 9.23 Å². The van der Waals surface area contributed by atoms with Gasteiger partial charge in [-0.3, -0.25) is 0 Å². The number of benzene rings is 1. The molecule has 0 amide bonds. The number of allylic oxidation sites excluding steroid dienone is 11. The molecule has 5 unspecified atom stereocenters. The Labute approximate surface area is 186 Å². The first-order chi connectivity index (χ1) is 15.4. The second-order valence-corrected chi connectivity index (χ2v) is 8.32. The normalized spacial score (nSPS) is 30.4. The molecule has 32 heavy (non-hydrogen) atoms. The number of methoxy groups -OCH3 is 1. The molecule has 0 radical (unpaired) electrons. The van der Waals surface area contributed by atoms with Crippen LogP contribution in [-0.2, 0) is 4.74 Å². The van der Waals surface area contributed by atoms with E-state index in [1.54, 1.807) is 36.4 Å². The molecule has 0 spiro atoms. The maximum atomic E-state index is 15.1. The lowest BCUT2D eigenvalue weighted by molar-refractivity contribution is 0.152. The molecule has 0 saturated carbocycles. The number of halogens is 4. The van der Waals surface area contributed by atoms with Crippen molar-refractivity contribution >= 4 is 11.1 Å². The van der Waals surface area contributed by atoms with Crippen LogP contribution in [0.3, 0.4) is 0 Å². The third-order valence-electron chi connectivity index (χ3n) is 6.49. The van der Waals surface area contributed by atoms with E-state index in [4.69, 9.17) is 4.74 Å². The molecular formula is C27H26F4O. The molecule has 3 aliphatic rings. The van der Waals surface area contributed by atoms with E-state index in [-0.39, 0.29) is 16.9 Å². The maximum absolute atomic E-state index is 15.1. The number of ether oxygens (including phenoxy) is 1. The van der Waals surface area contributed by atoms with Gasteiger partial charge in [-0.2, -0.15) is 0 Å². The lowest BCUT2D eigenvalue weighted by atomic mass is 9.81. The van der Waals surface area contributed by atoms with E-state index in [0.717, 1.165) is 18.4 Å². The van der Waals surface area contributed by atoms with Crippen LogP contribution in [-0.4, -0.2) is 31.8 Å². The van der Waals surface area contributed by atoms with Crippen LogP contribution in [0.1, 0.15) is 30.4 Å². The van der Waals surface area contributed by atoms with Crippen LogP contribution in [0.4, 0.5) is 17.6 Å². The zero-order valence-corrected chi connectivity index (χ0v) is 17.9. The second-order valence-electron chi connectivity index (χ2n) is 8.32. The van der Waals surface area contributed by atoms with E-state index < -0.39 is 24.7 Å². The molecule has 0 fully saturated rings. The SMILES string of the molecule is C=CC1CC=C(C2=CC=C(c3ccc(C4=CC=C(OC)C(F)C4F)cc3)C(F)C2F)CC1. The van der Waals surface area contributed by atoms with Crippen molar-refractivity contribution in [1.82, 2.24) is 0 Å². The van der Waals surface area contributed by atoms with Crippen molar-refractivity contribution in [3.8, 4) is 0 Å². The van der Waals surface area contributed by atoms with E-state index in [0.29, 0.717) is 29.0 Å². The third kappa shape index (κ3) is 4.13. The Balaban J connectivity index is 1.57. The van der Waals surface area contributed by atoms with Crippen molar-refractivity contribution in [1.29, 1.82) is 0 Å². The minimum absolute atomic E-state index is 0.0600. The molecule has 0 N–H and O–H groups in total. The average molecular weight is 442 g/mol. The summed E-state index contributed by atoms with van der Waals surface area (Å²) >= 11 is 0. The van der Waals surface area contributed by atoms with Crippen LogP contribution in [0.25, 0.3) is 11.1 Å². The number of hydrogen-bond acceptors (Lipinski definition) is 1. The highest BCUT2D eigenvalue weighted by atomic mass is 19.2. The summed E-state index contributed by atoms with van der Waals surface area (Å²) in [7, 11) is 1.30. The highest BCUT2D eigenvalue weighted by molar-refractivity contribution is 5.77. The zero-order valence-electron chi connectivity index (χ0n) is 17.9. The van der Waals surface area contributed by atoms with Crippen LogP contribution >= 0.6 is 0 Å². The summed E-state index contributed by atoms with van der Waals surface area (Å²) in [5.74, 6) is 0.328. The van der Waals surface area contributed by atoms with E-state index in [9.17, 15) is 8.78 Å². The monoisotopic (exact) mass is 442 g/mol. The van der Waals surface area contributed by atoms with Gasteiger partial charge in [-0.1, -0.05) is 54.6 Å². The Morgan fingerprint density at radius 3 is 1.88 bits per heavy atom. The largest absolute Gasteiger partial charge is 0.498 e. The smallest absolute Gasteiger partial charge is 0.192 e. The number of alkyl halides is 4. The van der Waals surface area contributed by atoms with Gasteiger partial charge in [0, 0.05) is 0 Å². The molecule has 168 valence electrons. The number of hydrogen-bond donors (Lipinski definition) is 0. The molecule has 5 heteroatoms. The van der Waals surface area contributed by atoms with E-state index in [1.165, 1.54) is 19.3 Å². The fraction of sp³-hybridized carbons (Fsp3) is 0.333. The summed E-state index contributed by atoms with van der Waals surface area (Å²) in [6, 6.07) is 6.44. The van der Waals surface area contributed by atoms with Crippen molar-refractivity contribution in [2.75, 3.05) is 7.11 Å². The summed E-state index contributed by atoms with van der Waals surface area (Å²) in [5, 5.41) is 0. The van der Waals surface area contributed by atoms with Gasteiger partial charge in [0.15, 0.2) is 24.7 Å². The van der Waals surface area contributed by atoms with Crippen molar-refractivity contribution in [2.45, 2.75) is 43.9 Å². The molecule has 4 rings (SSSR count).